The molecule has 2 atom stereocenters. The van der Waals surface area contributed by atoms with Crippen LogP contribution in [0.3, 0.4) is 0 Å². The number of hydrogen-bond acceptors (Lipinski definition) is 3. The minimum absolute atomic E-state index is 0.245. The van der Waals surface area contributed by atoms with E-state index in [9.17, 15) is 4.79 Å². The molecule has 4 nitrogen and oxygen atoms in total. The Kier molecular flexibility index (Phi) is 5.64. The van der Waals surface area contributed by atoms with Crippen LogP contribution in [0.2, 0.25) is 0 Å². The number of amides is 1. The Bertz CT molecular complexity index is 287. The summed E-state index contributed by atoms with van der Waals surface area (Å²) in [6.45, 7) is 6.44. The molecule has 0 aliphatic carbocycles. The second-order valence-electron chi connectivity index (χ2n) is 6.20. The number of nitrogens with one attached hydrogen (secondary N) is 1. The normalized spacial score (nSPS) is 31.2. The minimum atomic E-state index is 0.245. The summed E-state index contributed by atoms with van der Waals surface area (Å²) in [5.41, 5.74) is 5.60. The second-order valence-corrected chi connectivity index (χ2v) is 6.20. The molecule has 0 aromatic carbocycles. The lowest BCUT2D eigenvalue weighted by molar-refractivity contribution is -0.123. The SMILES string of the molecule is CCC(CCN)CCC(=O)NC1CN2CCC1CC2. The molecule has 1 amide bonds. The molecule has 3 heterocycles. The van der Waals surface area contributed by atoms with E-state index in [1.54, 1.807) is 0 Å². The Morgan fingerprint density at radius 3 is 2.63 bits per heavy atom. The quantitative estimate of drug-likeness (QED) is 0.732. The van der Waals surface area contributed by atoms with Crippen LogP contribution in [-0.2, 0) is 4.79 Å². The molecule has 3 saturated heterocycles. The van der Waals surface area contributed by atoms with Crippen LogP contribution >= 0.6 is 0 Å². The van der Waals surface area contributed by atoms with Gasteiger partial charge >= 0.3 is 0 Å². The first-order valence-corrected chi connectivity index (χ1v) is 7.94. The number of carbonyl (C=O) groups is 1. The lowest BCUT2D eigenvalue weighted by Crippen LogP contribution is -2.57. The van der Waals surface area contributed by atoms with E-state index in [0.29, 0.717) is 18.4 Å². The van der Waals surface area contributed by atoms with Crippen LogP contribution in [0.4, 0.5) is 0 Å². The third-order valence-corrected chi connectivity index (χ3v) is 4.93. The van der Waals surface area contributed by atoms with E-state index in [-0.39, 0.29) is 5.91 Å². The highest BCUT2D eigenvalue weighted by atomic mass is 16.1. The molecule has 110 valence electrons. The maximum Gasteiger partial charge on any atom is 0.220 e. The molecule has 19 heavy (non-hydrogen) atoms. The molecule has 2 bridgehead atoms. The smallest absolute Gasteiger partial charge is 0.220 e. The summed E-state index contributed by atoms with van der Waals surface area (Å²) in [6, 6.07) is 0.407. The Morgan fingerprint density at radius 2 is 2.11 bits per heavy atom. The van der Waals surface area contributed by atoms with Crippen molar-refractivity contribution in [3.8, 4) is 0 Å². The molecule has 0 saturated carbocycles. The molecule has 4 heteroatoms. The van der Waals surface area contributed by atoms with Crippen LogP contribution in [0.25, 0.3) is 0 Å². The summed E-state index contributed by atoms with van der Waals surface area (Å²) in [7, 11) is 0. The molecule has 0 radical (unpaired) electrons. The molecule has 0 aromatic rings. The fourth-order valence-electron chi connectivity index (χ4n) is 3.53. The van der Waals surface area contributed by atoms with Crippen molar-refractivity contribution in [2.45, 2.75) is 51.5 Å². The van der Waals surface area contributed by atoms with E-state index in [1.807, 2.05) is 0 Å². The zero-order valence-electron chi connectivity index (χ0n) is 12.2. The summed E-state index contributed by atoms with van der Waals surface area (Å²) in [4.78, 5) is 14.5. The Balaban J connectivity index is 1.69. The van der Waals surface area contributed by atoms with Gasteiger partial charge in [0, 0.05) is 19.0 Å². The predicted octanol–water partition coefficient (Wildman–Crippen LogP) is 1.35. The van der Waals surface area contributed by atoms with Crippen molar-refractivity contribution in [2.75, 3.05) is 26.2 Å². The third kappa shape index (κ3) is 4.18. The Morgan fingerprint density at radius 1 is 1.37 bits per heavy atom. The van der Waals surface area contributed by atoms with Gasteiger partial charge in [0.2, 0.25) is 5.91 Å². The molecule has 3 aliphatic heterocycles. The molecule has 3 aliphatic rings. The summed E-state index contributed by atoms with van der Waals surface area (Å²) in [5.74, 6) is 1.58. The molecule has 3 N–H and O–H groups in total. The lowest BCUT2D eigenvalue weighted by Gasteiger charge is -2.45. The van der Waals surface area contributed by atoms with E-state index in [0.717, 1.165) is 38.3 Å². The topological polar surface area (TPSA) is 58.4 Å². The molecular formula is C15H29N3O. The average molecular weight is 267 g/mol. The van der Waals surface area contributed by atoms with E-state index < -0.39 is 0 Å². The summed E-state index contributed by atoms with van der Waals surface area (Å²) < 4.78 is 0. The zero-order valence-corrected chi connectivity index (χ0v) is 12.2. The lowest BCUT2D eigenvalue weighted by atomic mass is 9.84. The number of carbonyl (C=O) groups excluding carboxylic acids is 1. The largest absolute Gasteiger partial charge is 0.352 e. The van der Waals surface area contributed by atoms with Crippen LogP contribution in [0.15, 0.2) is 0 Å². The highest BCUT2D eigenvalue weighted by molar-refractivity contribution is 5.76. The van der Waals surface area contributed by atoms with E-state index in [1.165, 1.54) is 25.9 Å². The number of rotatable bonds is 7. The molecule has 2 unspecified atom stereocenters. The molecule has 3 fully saturated rings. The number of fused-ring (bicyclic) bond motifs is 3. The van der Waals surface area contributed by atoms with Crippen molar-refractivity contribution in [3.05, 3.63) is 0 Å². The summed E-state index contributed by atoms with van der Waals surface area (Å²) >= 11 is 0. The molecule has 0 aromatic heterocycles. The van der Waals surface area contributed by atoms with E-state index >= 15 is 0 Å². The maximum atomic E-state index is 12.1. The van der Waals surface area contributed by atoms with Gasteiger partial charge in [0.15, 0.2) is 0 Å². The third-order valence-electron chi connectivity index (χ3n) is 4.93. The Hall–Kier alpha value is -0.610. The monoisotopic (exact) mass is 267 g/mol. The van der Waals surface area contributed by atoms with Crippen LogP contribution in [0.1, 0.15) is 45.4 Å². The van der Waals surface area contributed by atoms with Gasteiger partial charge in [-0.05, 0) is 57.2 Å². The van der Waals surface area contributed by atoms with Gasteiger partial charge < -0.3 is 16.0 Å². The van der Waals surface area contributed by atoms with Crippen LogP contribution in [0, 0.1) is 11.8 Å². The van der Waals surface area contributed by atoms with Crippen LogP contribution in [0.5, 0.6) is 0 Å². The fraction of sp³-hybridized carbons (Fsp3) is 0.933. The minimum Gasteiger partial charge on any atom is -0.352 e. The maximum absolute atomic E-state index is 12.1. The van der Waals surface area contributed by atoms with Gasteiger partial charge in [-0.1, -0.05) is 13.3 Å². The van der Waals surface area contributed by atoms with Crippen molar-refractivity contribution in [1.29, 1.82) is 0 Å². The first kappa shape index (κ1) is 14.8. The standard InChI is InChI=1S/C15H29N3O/c1-2-12(5-8-16)3-4-15(19)17-14-11-18-9-6-13(14)7-10-18/h12-14H,2-11,16H2,1H3,(H,17,19). The Labute approximate surface area is 117 Å². The van der Waals surface area contributed by atoms with Crippen molar-refractivity contribution >= 4 is 5.91 Å². The van der Waals surface area contributed by atoms with Crippen molar-refractivity contribution in [1.82, 2.24) is 10.2 Å². The zero-order chi connectivity index (χ0) is 13.7. The van der Waals surface area contributed by atoms with E-state index in [2.05, 4.69) is 17.1 Å². The van der Waals surface area contributed by atoms with Gasteiger partial charge in [0.05, 0.1) is 0 Å². The van der Waals surface area contributed by atoms with E-state index in [4.69, 9.17) is 5.73 Å². The summed E-state index contributed by atoms with van der Waals surface area (Å²) in [5, 5.41) is 3.26. The first-order valence-electron chi connectivity index (χ1n) is 7.94. The van der Waals surface area contributed by atoms with Gasteiger partial charge in [-0.25, -0.2) is 0 Å². The first-order chi connectivity index (χ1) is 9.22. The molecular weight excluding hydrogens is 238 g/mol. The van der Waals surface area contributed by atoms with Crippen molar-refractivity contribution in [2.24, 2.45) is 17.6 Å². The highest BCUT2D eigenvalue weighted by Gasteiger charge is 2.34. The van der Waals surface area contributed by atoms with Crippen molar-refractivity contribution in [3.63, 3.8) is 0 Å². The summed E-state index contributed by atoms with van der Waals surface area (Å²) in [6.07, 6.45) is 6.35. The fourth-order valence-corrected chi connectivity index (χ4v) is 3.53. The van der Waals surface area contributed by atoms with Crippen LogP contribution in [-0.4, -0.2) is 43.0 Å². The molecule has 0 spiro atoms. The second kappa shape index (κ2) is 7.25. The highest BCUT2D eigenvalue weighted by Crippen LogP contribution is 2.27. The van der Waals surface area contributed by atoms with Gasteiger partial charge in [-0.3, -0.25) is 4.79 Å². The predicted molar refractivity (Wildman–Crippen MR) is 77.8 cm³/mol. The van der Waals surface area contributed by atoms with Gasteiger partial charge in [-0.15, -0.1) is 0 Å². The van der Waals surface area contributed by atoms with Gasteiger partial charge in [0.1, 0.15) is 0 Å². The van der Waals surface area contributed by atoms with Crippen molar-refractivity contribution < 1.29 is 4.79 Å². The average Bonchev–Trinajstić information content (AvgIpc) is 2.44. The van der Waals surface area contributed by atoms with Crippen LogP contribution < -0.4 is 11.1 Å². The number of nitrogens with zero attached hydrogens (tertiary/aromatic N) is 1. The molecule has 3 rings (SSSR count). The number of hydrogen-bond donors (Lipinski definition) is 2. The number of nitrogens with two attached hydrogens (primary N) is 1. The van der Waals surface area contributed by atoms with Gasteiger partial charge in [0.25, 0.3) is 0 Å². The van der Waals surface area contributed by atoms with Gasteiger partial charge in [-0.2, -0.15) is 0 Å². The number of piperidine rings is 3.